The molecule has 0 bridgehead atoms. The average molecular weight is 260 g/mol. The second-order valence-corrected chi connectivity index (χ2v) is 5.87. The molecule has 1 saturated heterocycles. The summed E-state index contributed by atoms with van der Waals surface area (Å²) in [7, 11) is 0. The zero-order valence-electron chi connectivity index (χ0n) is 12.0. The molecule has 2 fully saturated rings. The van der Waals surface area contributed by atoms with Gasteiger partial charge in [0.2, 0.25) is 5.95 Å². The van der Waals surface area contributed by atoms with Crippen molar-refractivity contribution in [2.24, 2.45) is 0 Å². The Kier molecular flexibility index (Phi) is 3.69. The topological polar surface area (TPSA) is 41.1 Å². The van der Waals surface area contributed by atoms with Crippen LogP contribution in [0.2, 0.25) is 0 Å². The lowest BCUT2D eigenvalue weighted by molar-refractivity contribution is 0.408. The molecule has 1 atom stereocenters. The summed E-state index contributed by atoms with van der Waals surface area (Å²) in [5, 5.41) is 3.55. The fourth-order valence-corrected chi connectivity index (χ4v) is 2.91. The molecule has 3 rings (SSSR count). The van der Waals surface area contributed by atoms with Gasteiger partial charge >= 0.3 is 0 Å². The molecular weight excluding hydrogens is 236 g/mol. The summed E-state index contributed by atoms with van der Waals surface area (Å²) in [5.41, 5.74) is 2.37. The van der Waals surface area contributed by atoms with Gasteiger partial charge in [0.15, 0.2) is 0 Å². The Hall–Kier alpha value is -1.16. The van der Waals surface area contributed by atoms with Crippen molar-refractivity contribution in [3.8, 4) is 0 Å². The van der Waals surface area contributed by atoms with E-state index in [9.17, 15) is 0 Å². The molecule has 4 heteroatoms. The molecule has 1 aromatic heterocycles. The molecule has 1 aromatic rings. The van der Waals surface area contributed by atoms with Crippen LogP contribution in [0, 0.1) is 6.92 Å². The zero-order valence-corrected chi connectivity index (χ0v) is 12.0. The maximum atomic E-state index is 4.84. The number of nitrogens with one attached hydrogen (secondary N) is 1. The molecule has 0 unspecified atom stereocenters. The molecule has 0 spiro atoms. The van der Waals surface area contributed by atoms with Crippen molar-refractivity contribution >= 4 is 5.95 Å². The number of hydrogen-bond acceptors (Lipinski definition) is 4. The van der Waals surface area contributed by atoms with E-state index in [0.717, 1.165) is 37.7 Å². The molecule has 0 radical (unpaired) electrons. The van der Waals surface area contributed by atoms with E-state index in [0.29, 0.717) is 12.0 Å². The molecular formula is C15H24N4. The molecule has 104 valence electrons. The Balaban J connectivity index is 1.80. The Morgan fingerprint density at radius 3 is 2.89 bits per heavy atom. The van der Waals surface area contributed by atoms with Gasteiger partial charge in [-0.2, -0.15) is 0 Å². The predicted octanol–water partition coefficient (Wildman–Crippen LogP) is 2.24. The third-order valence-electron chi connectivity index (χ3n) is 4.42. The van der Waals surface area contributed by atoms with E-state index in [1.54, 1.807) is 0 Å². The summed E-state index contributed by atoms with van der Waals surface area (Å²) in [4.78, 5) is 11.8. The third-order valence-corrected chi connectivity index (χ3v) is 4.42. The summed E-state index contributed by atoms with van der Waals surface area (Å²) in [6, 6.07) is 2.75. The van der Waals surface area contributed by atoms with Gasteiger partial charge in [-0.25, -0.2) is 9.97 Å². The lowest BCUT2D eigenvalue weighted by atomic mass is 9.83. The van der Waals surface area contributed by atoms with Crippen molar-refractivity contribution in [1.29, 1.82) is 0 Å². The monoisotopic (exact) mass is 260 g/mol. The first-order valence-corrected chi connectivity index (χ1v) is 7.60. The first-order valence-electron chi connectivity index (χ1n) is 7.60. The highest BCUT2D eigenvalue weighted by Gasteiger charge is 2.24. The van der Waals surface area contributed by atoms with Crippen LogP contribution in [-0.4, -0.2) is 35.6 Å². The number of nitrogens with zero attached hydrogens (tertiary/aromatic N) is 3. The van der Waals surface area contributed by atoms with Crippen molar-refractivity contribution in [2.45, 2.75) is 51.5 Å². The van der Waals surface area contributed by atoms with Gasteiger partial charge in [0, 0.05) is 43.0 Å². The van der Waals surface area contributed by atoms with E-state index < -0.39 is 0 Å². The van der Waals surface area contributed by atoms with Gasteiger partial charge in [-0.3, -0.25) is 0 Å². The normalized spacial score (nSPS) is 24.3. The number of anilines is 1. The van der Waals surface area contributed by atoms with Crippen LogP contribution in [0.15, 0.2) is 6.07 Å². The second-order valence-electron chi connectivity index (χ2n) is 5.87. The number of aromatic nitrogens is 2. The van der Waals surface area contributed by atoms with Crippen LogP contribution in [-0.2, 0) is 0 Å². The summed E-state index contributed by atoms with van der Waals surface area (Å²) < 4.78 is 0. The molecule has 2 aliphatic rings. The quantitative estimate of drug-likeness (QED) is 0.905. The predicted molar refractivity (Wildman–Crippen MR) is 77.7 cm³/mol. The van der Waals surface area contributed by atoms with Crippen LogP contribution in [0.4, 0.5) is 5.95 Å². The Morgan fingerprint density at radius 2 is 2.21 bits per heavy atom. The lowest BCUT2D eigenvalue weighted by Crippen LogP contribution is -2.51. The van der Waals surface area contributed by atoms with E-state index >= 15 is 0 Å². The molecule has 1 N–H and O–H groups in total. The Morgan fingerprint density at radius 1 is 1.37 bits per heavy atom. The van der Waals surface area contributed by atoms with Crippen LogP contribution < -0.4 is 10.2 Å². The lowest BCUT2D eigenvalue weighted by Gasteiger charge is -2.34. The zero-order chi connectivity index (χ0) is 13.2. The minimum Gasteiger partial charge on any atom is -0.338 e. The molecule has 1 aliphatic heterocycles. The first-order chi connectivity index (χ1) is 9.26. The van der Waals surface area contributed by atoms with Gasteiger partial charge in [-0.05, 0) is 32.3 Å². The highest BCUT2D eigenvalue weighted by atomic mass is 15.3. The van der Waals surface area contributed by atoms with Gasteiger partial charge in [0.1, 0.15) is 0 Å². The minimum atomic E-state index is 0.574. The summed E-state index contributed by atoms with van der Waals surface area (Å²) >= 11 is 0. The molecule has 19 heavy (non-hydrogen) atoms. The van der Waals surface area contributed by atoms with Gasteiger partial charge < -0.3 is 10.2 Å². The van der Waals surface area contributed by atoms with Gasteiger partial charge in [0.05, 0.1) is 0 Å². The van der Waals surface area contributed by atoms with Crippen LogP contribution >= 0.6 is 0 Å². The number of piperazine rings is 1. The van der Waals surface area contributed by atoms with Gasteiger partial charge in [-0.15, -0.1) is 0 Å². The van der Waals surface area contributed by atoms with Crippen molar-refractivity contribution in [2.75, 3.05) is 24.5 Å². The van der Waals surface area contributed by atoms with Crippen molar-refractivity contribution in [3.05, 3.63) is 17.5 Å². The number of hydrogen-bond donors (Lipinski definition) is 1. The number of aryl methyl sites for hydroxylation is 1. The maximum absolute atomic E-state index is 4.84. The molecule has 1 saturated carbocycles. The summed E-state index contributed by atoms with van der Waals surface area (Å²) in [5.74, 6) is 1.63. The SMILES string of the molecule is CC[C@@H]1CN(c2nc(C)cc(C3CCC3)n2)CCN1. The van der Waals surface area contributed by atoms with E-state index in [4.69, 9.17) is 4.98 Å². The largest absolute Gasteiger partial charge is 0.338 e. The van der Waals surface area contributed by atoms with Crippen LogP contribution in [0.25, 0.3) is 0 Å². The van der Waals surface area contributed by atoms with E-state index in [1.165, 1.54) is 25.0 Å². The summed E-state index contributed by atoms with van der Waals surface area (Å²) in [6.07, 6.45) is 5.12. The van der Waals surface area contributed by atoms with Crippen LogP contribution in [0.1, 0.15) is 49.9 Å². The van der Waals surface area contributed by atoms with Crippen molar-refractivity contribution in [3.63, 3.8) is 0 Å². The van der Waals surface area contributed by atoms with Crippen LogP contribution in [0.5, 0.6) is 0 Å². The fraction of sp³-hybridized carbons (Fsp3) is 0.733. The van der Waals surface area contributed by atoms with Crippen molar-refractivity contribution in [1.82, 2.24) is 15.3 Å². The van der Waals surface area contributed by atoms with Crippen LogP contribution in [0.3, 0.4) is 0 Å². The number of rotatable bonds is 3. The molecule has 0 amide bonds. The highest BCUT2D eigenvalue weighted by Crippen LogP contribution is 2.35. The molecule has 1 aliphatic carbocycles. The van der Waals surface area contributed by atoms with Gasteiger partial charge in [0.25, 0.3) is 0 Å². The molecule has 0 aromatic carbocycles. The molecule has 2 heterocycles. The fourth-order valence-electron chi connectivity index (χ4n) is 2.91. The Labute approximate surface area is 115 Å². The minimum absolute atomic E-state index is 0.574. The maximum Gasteiger partial charge on any atom is 0.225 e. The highest BCUT2D eigenvalue weighted by molar-refractivity contribution is 5.35. The van der Waals surface area contributed by atoms with E-state index in [2.05, 4.69) is 35.1 Å². The standard InChI is InChI=1S/C15H24N4/c1-3-13-10-19(8-7-16-13)15-17-11(2)9-14(18-15)12-5-4-6-12/h9,12-13,16H,3-8,10H2,1-2H3/t13-/m1/s1. The average Bonchev–Trinajstić information content (AvgIpc) is 2.36. The second kappa shape index (κ2) is 5.45. The third kappa shape index (κ3) is 2.73. The molecule has 4 nitrogen and oxygen atoms in total. The first kappa shape index (κ1) is 12.9. The van der Waals surface area contributed by atoms with E-state index in [1.807, 2.05) is 0 Å². The smallest absolute Gasteiger partial charge is 0.225 e. The van der Waals surface area contributed by atoms with Crippen molar-refractivity contribution < 1.29 is 0 Å². The Bertz CT molecular complexity index is 442. The van der Waals surface area contributed by atoms with Gasteiger partial charge in [-0.1, -0.05) is 13.3 Å². The van der Waals surface area contributed by atoms with E-state index in [-0.39, 0.29) is 0 Å². The summed E-state index contributed by atoms with van der Waals surface area (Å²) in [6.45, 7) is 7.41.